The van der Waals surface area contributed by atoms with Gasteiger partial charge in [0.1, 0.15) is 6.04 Å². The van der Waals surface area contributed by atoms with Crippen LogP contribution in [-0.2, 0) is 4.79 Å². The van der Waals surface area contributed by atoms with Gasteiger partial charge in [0.15, 0.2) is 0 Å². The van der Waals surface area contributed by atoms with E-state index < -0.39 is 16.9 Å². The SMILES string of the molecule is CNCCNC(=O)C(C)NC(=O)c1cccc([N+](=O)[O-])c1.Cl. The van der Waals surface area contributed by atoms with E-state index in [-0.39, 0.29) is 29.6 Å². The van der Waals surface area contributed by atoms with Gasteiger partial charge in [0.25, 0.3) is 11.6 Å². The van der Waals surface area contributed by atoms with Crippen molar-refractivity contribution in [3.05, 3.63) is 39.9 Å². The van der Waals surface area contributed by atoms with Gasteiger partial charge in [-0.1, -0.05) is 6.07 Å². The van der Waals surface area contributed by atoms with Gasteiger partial charge in [-0.15, -0.1) is 12.4 Å². The van der Waals surface area contributed by atoms with E-state index in [1.54, 1.807) is 14.0 Å². The highest BCUT2D eigenvalue weighted by atomic mass is 35.5. The maximum atomic E-state index is 11.9. The molecule has 9 heteroatoms. The topological polar surface area (TPSA) is 113 Å². The third kappa shape index (κ3) is 6.06. The summed E-state index contributed by atoms with van der Waals surface area (Å²) in [5, 5.41) is 18.7. The second-order valence-corrected chi connectivity index (χ2v) is 4.40. The van der Waals surface area contributed by atoms with Gasteiger partial charge in [0.05, 0.1) is 4.92 Å². The lowest BCUT2D eigenvalue weighted by Crippen LogP contribution is -2.46. The third-order valence-electron chi connectivity index (χ3n) is 2.73. The molecule has 0 aliphatic carbocycles. The largest absolute Gasteiger partial charge is 0.353 e. The van der Waals surface area contributed by atoms with Crippen LogP contribution in [0.2, 0.25) is 0 Å². The lowest BCUT2D eigenvalue weighted by Gasteiger charge is -2.14. The molecule has 0 saturated heterocycles. The summed E-state index contributed by atoms with van der Waals surface area (Å²) < 4.78 is 0. The molecule has 0 fully saturated rings. The molecule has 1 aromatic rings. The summed E-state index contributed by atoms with van der Waals surface area (Å²) in [6, 6.07) is 4.61. The highest BCUT2D eigenvalue weighted by Gasteiger charge is 2.17. The Labute approximate surface area is 134 Å². The number of rotatable bonds is 7. The van der Waals surface area contributed by atoms with Gasteiger partial charge in [-0.2, -0.15) is 0 Å². The van der Waals surface area contributed by atoms with Gasteiger partial charge in [-0.25, -0.2) is 0 Å². The Morgan fingerprint density at radius 3 is 2.59 bits per heavy atom. The minimum Gasteiger partial charge on any atom is -0.353 e. The van der Waals surface area contributed by atoms with Gasteiger partial charge in [-0.05, 0) is 20.0 Å². The molecule has 0 aromatic heterocycles. The van der Waals surface area contributed by atoms with E-state index in [4.69, 9.17) is 0 Å². The van der Waals surface area contributed by atoms with E-state index >= 15 is 0 Å². The molecule has 0 aliphatic rings. The minimum atomic E-state index is -0.728. The summed E-state index contributed by atoms with van der Waals surface area (Å²) in [4.78, 5) is 33.7. The van der Waals surface area contributed by atoms with Crippen LogP contribution in [0, 0.1) is 10.1 Å². The van der Waals surface area contributed by atoms with E-state index in [0.29, 0.717) is 13.1 Å². The zero-order valence-corrected chi connectivity index (χ0v) is 13.1. The second kappa shape index (κ2) is 9.69. The summed E-state index contributed by atoms with van der Waals surface area (Å²) in [7, 11) is 1.76. The Morgan fingerprint density at radius 1 is 1.32 bits per heavy atom. The van der Waals surface area contributed by atoms with E-state index in [0.717, 1.165) is 0 Å². The van der Waals surface area contributed by atoms with E-state index in [2.05, 4.69) is 16.0 Å². The van der Waals surface area contributed by atoms with Crippen LogP contribution in [0.4, 0.5) is 5.69 Å². The summed E-state index contributed by atoms with van der Waals surface area (Å²) in [6.07, 6.45) is 0. The number of amides is 2. The van der Waals surface area contributed by atoms with Crippen LogP contribution in [0.5, 0.6) is 0 Å². The molecule has 1 unspecified atom stereocenters. The monoisotopic (exact) mass is 330 g/mol. The highest BCUT2D eigenvalue weighted by Crippen LogP contribution is 2.12. The number of nitro benzene ring substituents is 1. The first-order chi connectivity index (χ1) is 9.95. The highest BCUT2D eigenvalue weighted by molar-refractivity contribution is 5.97. The number of carbonyl (C=O) groups is 2. The Balaban J connectivity index is 0.00000441. The second-order valence-electron chi connectivity index (χ2n) is 4.40. The molecule has 22 heavy (non-hydrogen) atoms. The summed E-state index contributed by atoms with van der Waals surface area (Å²) in [5.41, 5.74) is -0.0344. The number of hydrogen-bond acceptors (Lipinski definition) is 5. The predicted molar refractivity (Wildman–Crippen MR) is 84.2 cm³/mol. The molecule has 2 amide bonds. The van der Waals surface area contributed by atoms with Crippen LogP contribution < -0.4 is 16.0 Å². The molecule has 0 heterocycles. The maximum absolute atomic E-state index is 11.9. The third-order valence-corrected chi connectivity index (χ3v) is 2.73. The maximum Gasteiger partial charge on any atom is 0.270 e. The number of nitrogens with one attached hydrogen (secondary N) is 3. The van der Waals surface area contributed by atoms with Crippen molar-refractivity contribution in [1.29, 1.82) is 0 Å². The zero-order valence-electron chi connectivity index (χ0n) is 12.3. The fourth-order valence-electron chi connectivity index (χ4n) is 1.57. The molecule has 0 aliphatic heterocycles. The van der Waals surface area contributed by atoms with Crippen molar-refractivity contribution < 1.29 is 14.5 Å². The molecular weight excluding hydrogens is 312 g/mol. The van der Waals surface area contributed by atoms with Crippen molar-refractivity contribution in [3.63, 3.8) is 0 Å². The van der Waals surface area contributed by atoms with Crippen molar-refractivity contribution in [2.75, 3.05) is 20.1 Å². The minimum absolute atomic E-state index is 0. The van der Waals surface area contributed by atoms with Crippen LogP contribution in [0.3, 0.4) is 0 Å². The van der Waals surface area contributed by atoms with E-state index in [9.17, 15) is 19.7 Å². The molecule has 0 spiro atoms. The summed E-state index contributed by atoms with van der Waals surface area (Å²) in [5.74, 6) is -0.848. The van der Waals surface area contributed by atoms with Crippen molar-refractivity contribution in [2.45, 2.75) is 13.0 Å². The first kappa shape index (κ1) is 19.8. The van der Waals surface area contributed by atoms with Crippen LogP contribution in [-0.4, -0.2) is 42.9 Å². The van der Waals surface area contributed by atoms with Crippen LogP contribution in [0.15, 0.2) is 24.3 Å². The standard InChI is InChI=1S/C13H18N4O4.ClH/c1-9(12(18)15-7-6-14-2)16-13(19)10-4-3-5-11(8-10)17(20)21;/h3-5,8-9,14H,6-7H2,1-2H3,(H,15,18)(H,16,19);1H. The quantitative estimate of drug-likeness (QED) is 0.382. The Kier molecular flexibility index (Phi) is 8.73. The van der Waals surface area contributed by atoms with E-state index in [1.807, 2.05) is 0 Å². The normalized spacial score (nSPS) is 11.0. The van der Waals surface area contributed by atoms with Crippen LogP contribution >= 0.6 is 12.4 Å². The molecule has 0 bridgehead atoms. The number of halogens is 1. The Bertz CT molecular complexity index is 539. The number of benzene rings is 1. The first-order valence-corrected chi connectivity index (χ1v) is 6.43. The number of non-ortho nitro benzene ring substituents is 1. The number of nitrogens with zero attached hydrogens (tertiary/aromatic N) is 1. The van der Waals surface area contributed by atoms with Gasteiger partial charge in [-0.3, -0.25) is 19.7 Å². The zero-order chi connectivity index (χ0) is 15.8. The van der Waals surface area contributed by atoms with Gasteiger partial charge < -0.3 is 16.0 Å². The Hall–Kier alpha value is -2.19. The van der Waals surface area contributed by atoms with Crippen LogP contribution in [0.25, 0.3) is 0 Å². The molecule has 1 rings (SSSR count). The molecule has 0 saturated carbocycles. The van der Waals surface area contributed by atoms with Crippen molar-refractivity contribution in [1.82, 2.24) is 16.0 Å². The number of carbonyl (C=O) groups excluding carboxylic acids is 2. The van der Waals surface area contributed by atoms with Crippen LogP contribution in [0.1, 0.15) is 17.3 Å². The Morgan fingerprint density at radius 2 is 2.00 bits per heavy atom. The first-order valence-electron chi connectivity index (χ1n) is 6.43. The number of nitro groups is 1. The van der Waals surface area contributed by atoms with Crippen molar-refractivity contribution in [2.24, 2.45) is 0 Å². The number of hydrogen-bond donors (Lipinski definition) is 3. The molecule has 3 N–H and O–H groups in total. The van der Waals surface area contributed by atoms with Gasteiger partial charge >= 0.3 is 0 Å². The van der Waals surface area contributed by atoms with Gasteiger partial charge in [0, 0.05) is 30.8 Å². The molecule has 0 radical (unpaired) electrons. The smallest absolute Gasteiger partial charge is 0.270 e. The summed E-state index contributed by atoms with van der Waals surface area (Å²) in [6.45, 7) is 2.62. The molecule has 1 atom stereocenters. The fraction of sp³-hybridized carbons (Fsp3) is 0.385. The van der Waals surface area contributed by atoms with Crippen molar-refractivity contribution >= 4 is 29.9 Å². The average Bonchev–Trinajstić information content (AvgIpc) is 2.47. The molecular formula is C13H19ClN4O4. The van der Waals surface area contributed by atoms with Crippen molar-refractivity contribution in [3.8, 4) is 0 Å². The lowest BCUT2D eigenvalue weighted by atomic mass is 10.1. The average molecular weight is 331 g/mol. The molecule has 8 nitrogen and oxygen atoms in total. The molecule has 122 valence electrons. The van der Waals surface area contributed by atoms with Gasteiger partial charge in [0.2, 0.25) is 5.91 Å². The predicted octanol–water partition coefficient (Wildman–Crippen LogP) is 0.471. The summed E-state index contributed by atoms with van der Waals surface area (Å²) >= 11 is 0. The lowest BCUT2D eigenvalue weighted by molar-refractivity contribution is -0.384. The van der Waals surface area contributed by atoms with E-state index in [1.165, 1.54) is 24.3 Å². The molecule has 1 aromatic carbocycles. The fourth-order valence-corrected chi connectivity index (χ4v) is 1.57. The number of likely N-dealkylation sites (N-methyl/N-ethyl adjacent to an activating group) is 1.